The zero-order valence-electron chi connectivity index (χ0n) is 16.5. The molecule has 0 atom stereocenters. The zero-order chi connectivity index (χ0) is 20.9. The minimum absolute atomic E-state index is 0.0502. The van der Waals surface area contributed by atoms with Crippen LogP contribution < -0.4 is 10.6 Å². The Hall–Kier alpha value is -4.00. The van der Waals surface area contributed by atoms with Crippen molar-refractivity contribution >= 4 is 28.5 Å². The molecule has 1 aromatic heterocycles. The van der Waals surface area contributed by atoms with Gasteiger partial charge in [0, 0.05) is 18.3 Å². The molecule has 4 aromatic rings. The number of rotatable bonds is 6. The van der Waals surface area contributed by atoms with Crippen LogP contribution in [0.3, 0.4) is 0 Å². The first-order valence-electron chi connectivity index (χ1n) is 9.60. The van der Waals surface area contributed by atoms with Crippen LogP contribution in [-0.2, 0) is 17.8 Å². The smallest absolute Gasteiger partial charge is 0.255 e. The number of fused-ring (bicyclic) bond motifs is 1. The van der Waals surface area contributed by atoms with Crippen molar-refractivity contribution < 1.29 is 9.59 Å². The normalized spacial score (nSPS) is 10.7. The summed E-state index contributed by atoms with van der Waals surface area (Å²) in [4.78, 5) is 24.0. The number of nitrogens with one attached hydrogen (secondary N) is 2. The molecule has 7 heteroatoms. The number of carbonyl (C=O) groups is 2. The Morgan fingerprint density at radius 2 is 1.60 bits per heavy atom. The van der Waals surface area contributed by atoms with Crippen molar-refractivity contribution in [3.8, 4) is 0 Å². The molecule has 0 radical (unpaired) electrons. The molecule has 2 amide bonds. The molecule has 0 saturated heterocycles. The number of likely N-dealkylation sites (N-methyl/N-ethyl adjacent to an activating group) is 1. The van der Waals surface area contributed by atoms with Gasteiger partial charge in [-0.2, -0.15) is 0 Å². The van der Waals surface area contributed by atoms with Crippen LogP contribution in [0.15, 0.2) is 72.8 Å². The standard InChI is InChI=1S/C23H21N5O2/c1-24-22(29)14-16-8-12-19(13-9-16)25-23(30)18-10-6-17(7-11-18)15-28-21-5-3-2-4-20(21)26-27-28/h2-13H,14-15H2,1H3,(H,24,29)(H,25,30). The Balaban J connectivity index is 1.40. The number of hydrogen-bond donors (Lipinski definition) is 2. The second-order valence-corrected chi connectivity index (χ2v) is 6.93. The molecular weight excluding hydrogens is 378 g/mol. The van der Waals surface area contributed by atoms with Gasteiger partial charge in [-0.15, -0.1) is 5.10 Å². The fraction of sp³-hybridized carbons (Fsp3) is 0.130. The van der Waals surface area contributed by atoms with Gasteiger partial charge in [0.25, 0.3) is 5.91 Å². The van der Waals surface area contributed by atoms with Gasteiger partial charge in [-0.3, -0.25) is 9.59 Å². The third kappa shape index (κ3) is 4.35. The van der Waals surface area contributed by atoms with Crippen LogP contribution in [0.4, 0.5) is 5.69 Å². The highest BCUT2D eigenvalue weighted by atomic mass is 16.2. The van der Waals surface area contributed by atoms with Crippen molar-refractivity contribution in [1.29, 1.82) is 0 Å². The summed E-state index contributed by atoms with van der Waals surface area (Å²) in [6, 6.07) is 22.5. The first-order chi connectivity index (χ1) is 14.6. The van der Waals surface area contributed by atoms with E-state index in [0.717, 1.165) is 22.2 Å². The summed E-state index contributed by atoms with van der Waals surface area (Å²) in [5.41, 5.74) is 4.99. The van der Waals surface area contributed by atoms with Crippen molar-refractivity contribution in [2.75, 3.05) is 12.4 Å². The lowest BCUT2D eigenvalue weighted by Gasteiger charge is -2.08. The summed E-state index contributed by atoms with van der Waals surface area (Å²) < 4.78 is 1.84. The Morgan fingerprint density at radius 1 is 0.900 bits per heavy atom. The van der Waals surface area contributed by atoms with Gasteiger partial charge in [0.15, 0.2) is 0 Å². The fourth-order valence-corrected chi connectivity index (χ4v) is 3.15. The Bertz CT molecular complexity index is 1180. The number of anilines is 1. The van der Waals surface area contributed by atoms with Crippen LogP contribution in [0.2, 0.25) is 0 Å². The molecule has 0 aliphatic rings. The van der Waals surface area contributed by atoms with Gasteiger partial charge >= 0.3 is 0 Å². The summed E-state index contributed by atoms with van der Waals surface area (Å²) in [5, 5.41) is 13.8. The van der Waals surface area contributed by atoms with E-state index in [1.54, 1.807) is 31.3 Å². The van der Waals surface area contributed by atoms with Crippen LogP contribution in [0, 0.1) is 0 Å². The monoisotopic (exact) mass is 399 g/mol. The van der Waals surface area contributed by atoms with Gasteiger partial charge in [-0.05, 0) is 47.5 Å². The molecule has 0 unspecified atom stereocenters. The molecule has 0 aliphatic heterocycles. The van der Waals surface area contributed by atoms with E-state index in [-0.39, 0.29) is 11.8 Å². The van der Waals surface area contributed by atoms with Gasteiger partial charge < -0.3 is 10.6 Å². The number of para-hydroxylation sites is 1. The molecule has 4 rings (SSSR count). The second kappa shape index (κ2) is 8.57. The molecule has 2 N–H and O–H groups in total. The van der Waals surface area contributed by atoms with Crippen LogP contribution >= 0.6 is 0 Å². The molecule has 7 nitrogen and oxygen atoms in total. The maximum Gasteiger partial charge on any atom is 0.255 e. The average Bonchev–Trinajstić information content (AvgIpc) is 3.18. The summed E-state index contributed by atoms with van der Waals surface area (Å²) in [5.74, 6) is -0.238. The van der Waals surface area contributed by atoms with Gasteiger partial charge in [-0.1, -0.05) is 41.6 Å². The van der Waals surface area contributed by atoms with Crippen molar-refractivity contribution in [3.05, 3.63) is 89.5 Å². The summed E-state index contributed by atoms with van der Waals surface area (Å²) in [7, 11) is 1.61. The van der Waals surface area contributed by atoms with Crippen LogP contribution in [0.25, 0.3) is 11.0 Å². The molecular formula is C23H21N5O2. The van der Waals surface area contributed by atoms with Gasteiger partial charge in [0.1, 0.15) is 5.52 Å². The van der Waals surface area contributed by atoms with E-state index in [1.807, 2.05) is 53.2 Å². The summed E-state index contributed by atoms with van der Waals surface area (Å²) in [6.07, 6.45) is 0.313. The third-order valence-corrected chi connectivity index (χ3v) is 4.82. The predicted octanol–water partition coefficient (Wildman–Crippen LogP) is 3.02. The Kier molecular flexibility index (Phi) is 5.52. The molecule has 0 fully saturated rings. The minimum Gasteiger partial charge on any atom is -0.359 e. The van der Waals surface area contributed by atoms with Crippen molar-refractivity contribution in [1.82, 2.24) is 20.3 Å². The number of hydrogen-bond acceptors (Lipinski definition) is 4. The van der Waals surface area contributed by atoms with E-state index in [0.29, 0.717) is 24.2 Å². The van der Waals surface area contributed by atoms with Crippen LogP contribution in [0.5, 0.6) is 0 Å². The lowest BCUT2D eigenvalue weighted by Crippen LogP contribution is -2.19. The Labute approximate surface area is 173 Å². The lowest BCUT2D eigenvalue weighted by molar-refractivity contribution is -0.119. The second-order valence-electron chi connectivity index (χ2n) is 6.93. The van der Waals surface area contributed by atoms with E-state index in [1.165, 1.54) is 0 Å². The molecule has 0 aliphatic carbocycles. The SMILES string of the molecule is CNC(=O)Cc1ccc(NC(=O)c2ccc(Cn3nnc4ccccc43)cc2)cc1. The third-order valence-electron chi connectivity index (χ3n) is 4.82. The first-order valence-corrected chi connectivity index (χ1v) is 9.60. The highest BCUT2D eigenvalue weighted by Crippen LogP contribution is 2.15. The molecule has 1 heterocycles. The molecule has 0 saturated carbocycles. The van der Waals surface area contributed by atoms with E-state index >= 15 is 0 Å². The Morgan fingerprint density at radius 3 is 2.33 bits per heavy atom. The van der Waals surface area contributed by atoms with E-state index in [9.17, 15) is 9.59 Å². The van der Waals surface area contributed by atoms with Crippen molar-refractivity contribution in [3.63, 3.8) is 0 Å². The topological polar surface area (TPSA) is 88.9 Å². The molecule has 30 heavy (non-hydrogen) atoms. The van der Waals surface area contributed by atoms with Gasteiger partial charge in [-0.25, -0.2) is 4.68 Å². The number of carbonyl (C=O) groups excluding carboxylic acids is 2. The fourth-order valence-electron chi connectivity index (χ4n) is 3.15. The largest absolute Gasteiger partial charge is 0.359 e. The average molecular weight is 399 g/mol. The minimum atomic E-state index is -0.188. The number of aromatic nitrogens is 3. The summed E-state index contributed by atoms with van der Waals surface area (Å²) in [6.45, 7) is 0.579. The molecule has 0 bridgehead atoms. The first kappa shape index (κ1) is 19.3. The van der Waals surface area contributed by atoms with Crippen molar-refractivity contribution in [2.45, 2.75) is 13.0 Å². The molecule has 3 aromatic carbocycles. The lowest BCUT2D eigenvalue weighted by atomic mass is 10.1. The summed E-state index contributed by atoms with van der Waals surface area (Å²) >= 11 is 0. The van der Waals surface area contributed by atoms with Crippen LogP contribution in [-0.4, -0.2) is 33.9 Å². The maximum atomic E-state index is 12.5. The van der Waals surface area contributed by atoms with E-state index < -0.39 is 0 Å². The number of nitrogens with zero attached hydrogens (tertiary/aromatic N) is 3. The van der Waals surface area contributed by atoms with Crippen molar-refractivity contribution in [2.24, 2.45) is 0 Å². The number of benzene rings is 3. The van der Waals surface area contributed by atoms with Crippen LogP contribution in [0.1, 0.15) is 21.5 Å². The van der Waals surface area contributed by atoms with Gasteiger partial charge in [0.05, 0.1) is 18.5 Å². The predicted molar refractivity (Wildman–Crippen MR) is 115 cm³/mol. The quantitative estimate of drug-likeness (QED) is 0.522. The molecule has 150 valence electrons. The maximum absolute atomic E-state index is 12.5. The van der Waals surface area contributed by atoms with E-state index in [2.05, 4.69) is 20.9 Å². The number of amides is 2. The highest BCUT2D eigenvalue weighted by Gasteiger charge is 2.08. The van der Waals surface area contributed by atoms with E-state index in [4.69, 9.17) is 0 Å². The molecule has 0 spiro atoms. The highest BCUT2D eigenvalue weighted by molar-refractivity contribution is 6.04. The van der Waals surface area contributed by atoms with Gasteiger partial charge in [0.2, 0.25) is 5.91 Å². The zero-order valence-corrected chi connectivity index (χ0v) is 16.5.